The predicted octanol–water partition coefficient (Wildman–Crippen LogP) is 0.590. The number of aliphatic hydroxyl groups is 1. The third kappa shape index (κ3) is 3.81. The first-order valence-corrected chi connectivity index (χ1v) is 7.35. The van der Waals surface area contributed by atoms with Crippen LogP contribution in [-0.2, 0) is 4.79 Å². The number of aliphatic hydroxyl groups excluding tert-OH is 1. The predicted molar refractivity (Wildman–Crippen MR) is 80.1 cm³/mol. The molecule has 0 saturated carbocycles. The summed E-state index contributed by atoms with van der Waals surface area (Å²) in [4.78, 5) is 13.4. The van der Waals surface area contributed by atoms with Gasteiger partial charge in [-0.2, -0.15) is 0 Å². The number of amides is 1. The van der Waals surface area contributed by atoms with Crippen LogP contribution in [0.15, 0.2) is 12.1 Å². The molecular formula is C16H25N2O2+. The fourth-order valence-electron chi connectivity index (χ4n) is 2.98. The number of anilines is 1. The van der Waals surface area contributed by atoms with Gasteiger partial charge in [-0.3, -0.25) is 4.79 Å². The van der Waals surface area contributed by atoms with Gasteiger partial charge in [-0.15, -0.1) is 0 Å². The van der Waals surface area contributed by atoms with Crippen LogP contribution in [0.2, 0.25) is 0 Å². The zero-order chi connectivity index (χ0) is 14.7. The molecular weight excluding hydrogens is 252 g/mol. The lowest BCUT2D eigenvalue weighted by Gasteiger charge is -2.26. The maximum absolute atomic E-state index is 12.2. The molecule has 3 N–H and O–H groups in total. The molecule has 0 aromatic heterocycles. The number of hydrogen-bond donors (Lipinski definition) is 3. The molecule has 1 heterocycles. The van der Waals surface area contributed by atoms with E-state index in [4.69, 9.17) is 0 Å². The van der Waals surface area contributed by atoms with E-state index in [2.05, 4.69) is 24.4 Å². The van der Waals surface area contributed by atoms with Crippen molar-refractivity contribution in [2.75, 3.05) is 25.0 Å². The molecule has 1 aliphatic heterocycles. The third-order valence-corrected chi connectivity index (χ3v) is 4.01. The van der Waals surface area contributed by atoms with Crippen LogP contribution in [0.25, 0.3) is 0 Å². The highest BCUT2D eigenvalue weighted by Crippen LogP contribution is 2.21. The van der Waals surface area contributed by atoms with Gasteiger partial charge in [-0.05, 0) is 31.9 Å². The Hall–Kier alpha value is -1.39. The molecule has 110 valence electrons. The molecule has 4 nitrogen and oxygen atoms in total. The number of nitrogens with one attached hydrogen (secondary N) is 2. The summed E-state index contributed by atoms with van der Waals surface area (Å²) in [7, 11) is 0. The number of piperidine rings is 1. The van der Waals surface area contributed by atoms with Gasteiger partial charge < -0.3 is 15.3 Å². The Bertz CT molecular complexity index is 468. The second kappa shape index (κ2) is 6.37. The van der Waals surface area contributed by atoms with Gasteiger partial charge in [0, 0.05) is 18.5 Å². The molecule has 0 bridgehead atoms. The molecule has 1 aromatic rings. The molecule has 1 amide bonds. The van der Waals surface area contributed by atoms with Gasteiger partial charge in [0.05, 0.1) is 19.2 Å². The zero-order valence-corrected chi connectivity index (χ0v) is 12.6. The average molecular weight is 277 g/mol. The maximum atomic E-state index is 12.2. The first-order valence-electron chi connectivity index (χ1n) is 7.35. The minimum atomic E-state index is -0.177. The van der Waals surface area contributed by atoms with Crippen molar-refractivity contribution in [3.8, 4) is 0 Å². The second-order valence-corrected chi connectivity index (χ2v) is 5.98. The van der Waals surface area contributed by atoms with Crippen LogP contribution in [0, 0.1) is 20.8 Å². The van der Waals surface area contributed by atoms with E-state index < -0.39 is 0 Å². The average Bonchev–Trinajstić information content (AvgIpc) is 2.36. The number of quaternary nitrogens is 1. The first-order chi connectivity index (χ1) is 9.45. The van der Waals surface area contributed by atoms with E-state index in [1.54, 1.807) is 0 Å². The van der Waals surface area contributed by atoms with Crippen molar-refractivity contribution < 1.29 is 14.8 Å². The lowest BCUT2D eigenvalue weighted by molar-refractivity contribution is -0.897. The van der Waals surface area contributed by atoms with Crippen LogP contribution >= 0.6 is 0 Å². The van der Waals surface area contributed by atoms with Crippen LogP contribution in [0.4, 0.5) is 5.69 Å². The molecule has 0 radical (unpaired) electrons. The number of benzene rings is 1. The van der Waals surface area contributed by atoms with Gasteiger partial charge in [0.1, 0.15) is 0 Å². The summed E-state index contributed by atoms with van der Waals surface area (Å²) >= 11 is 0. The van der Waals surface area contributed by atoms with Gasteiger partial charge in [0.15, 0.2) is 6.54 Å². The van der Waals surface area contributed by atoms with E-state index in [1.165, 1.54) is 10.5 Å². The summed E-state index contributed by atoms with van der Waals surface area (Å²) in [5.41, 5.74) is 4.38. The van der Waals surface area contributed by atoms with Crippen molar-refractivity contribution in [2.45, 2.75) is 39.7 Å². The van der Waals surface area contributed by atoms with E-state index >= 15 is 0 Å². The molecule has 0 unspecified atom stereocenters. The maximum Gasteiger partial charge on any atom is 0.279 e. The zero-order valence-electron chi connectivity index (χ0n) is 12.6. The number of likely N-dealkylation sites (tertiary alicyclic amines) is 1. The Morgan fingerprint density at radius 3 is 2.35 bits per heavy atom. The van der Waals surface area contributed by atoms with Crippen molar-refractivity contribution >= 4 is 11.6 Å². The Morgan fingerprint density at radius 1 is 1.25 bits per heavy atom. The van der Waals surface area contributed by atoms with E-state index in [0.717, 1.165) is 42.7 Å². The van der Waals surface area contributed by atoms with E-state index in [9.17, 15) is 9.90 Å². The second-order valence-electron chi connectivity index (χ2n) is 5.98. The molecule has 1 aromatic carbocycles. The van der Waals surface area contributed by atoms with E-state index in [1.807, 2.05) is 13.8 Å². The summed E-state index contributed by atoms with van der Waals surface area (Å²) in [6.07, 6.45) is 1.42. The first kappa shape index (κ1) is 15.0. The van der Waals surface area contributed by atoms with Gasteiger partial charge in [-0.1, -0.05) is 17.7 Å². The molecule has 1 fully saturated rings. The van der Waals surface area contributed by atoms with Gasteiger partial charge in [-0.25, -0.2) is 0 Å². The molecule has 1 aliphatic rings. The number of carbonyl (C=O) groups excluding carboxylic acids is 1. The number of rotatable bonds is 3. The smallest absolute Gasteiger partial charge is 0.279 e. The minimum absolute atomic E-state index is 0.0615. The van der Waals surface area contributed by atoms with Crippen molar-refractivity contribution in [2.24, 2.45) is 0 Å². The summed E-state index contributed by atoms with van der Waals surface area (Å²) in [6, 6.07) is 4.18. The van der Waals surface area contributed by atoms with Crippen LogP contribution < -0.4 is 10.2 Å². The quantitative estimate of drug-likeness (QED) is 0.757. The van der Waals surface area contributed by atoms with Crippen molar-refractivity contribution in [3.63, 3.8) is 0 Å². The Morgan fingerprint density at radius 2 is 1.80 bits per heavy atom. The summed E-state index contributed by atoms with van der Waals surface area (Å²) in [5, 5.41) is 12.5. The van der Waals surface area contributed by atoms with E-state index in [-0.39, 0.29) is 12.0 Å². The third-order valence-electron chi connectivity index (χ3n) is 4.01. The van der Waals surface area contributed by atoms with Crippen LogP contribution in [-0.4, -0.2) is 36.8 Å². The molecule has 0 aliphatic carbocycles. The monoisotopic (exact) mass is 277 g/mol. The van der Waals surface area contributed by atoms with Crippen LogP contribution in [0.5, 0.6) is 0 Å². The molecule has 2 rings (SSSR count). The topological polar surface area (TPSA) is 53.8 Å². The molecule has 0 atom stereocenters. The number of aryl methyl sites for hydroxylation is 3. The van der Waals surface area contributed by atoms with Crippen molar-refractivity contribution in [1.82, 2.24) is 0 Å². The summed E-state index contributed by atoms with van der Waals surface area (Å²) < 4.78 is 0. The summed E-state index contributed by atoms with van der Waals surface area (Å²) in [6.45, 7) is 8.36. The Kier molecular flexibility index (Phi) is 4.78. The Labute approximate surface area is 120 Å². The SMILES string of the molecule is Cc1cc(C)c(NC(=O)C[NH+]2CCC(O)CC2)c(C)c1. The fraction of sp³-hybridized carbons (Fsp3) is 0.562. The highest BCUT2D eigenvalue weighted by atomic mass is 16.3. The van der Waals surface area contributed by atoms with Gasteiger partial charge in [0.25, 0.3) is 5.91 Å². The highest BCUT2D eigenvalue weighted by Gasteiger charge is 2.22. The van der Waals surface area contributed by atoms with Crippen molar-refractivity contribution in [1.29, 1.82) is 0 Å². The lowest BCUT2D eigenvalue weighted by atomic mass is 10.0. The standard InChI is InChI=1S/C16H24N2O2/c1-11-8-12(2)16(13(3)9-11)17-15(20)10-18-6-4-14(19)5-7-18/h8-9,14,19H,4-7,10H2,1-3H3,(H,17,20)/p+1. The van der Waals surface area contributed by atoms with Gasteiger partial charge in [0.2, 0.25) is 0 Å². The van der Waals surface area contributed by atoms with Gasteiger partial charge >= 0.3 is 0 Å². The number of hydrogen-bond acceptors (Lipinski definition) is 2. The normalized spacial score (nSPS) is 22.6. The molecule has 20 heavy (non-hydrogen) atoms. The molecule has 4 heteroatoms. The largest absolute Gasteiger partial charge is 0.393 e. The fourth-order valence-corrected chi connectivity index (χ4v) is 2.98. The van der Waals surface area contributed by atoms with Crippen LogP contribution in [0.3, 0.4) is 0 Å². The Balaban J connectivity index is 1.95. The molecule has 0 spiro atoms. The van der Waals surface area contributed by atoms with Crippen LogP contribution in [0.1, 0.15) is 29.5 Å². The van der Waals surface area contributed by atoms with Crippen molar-refractivity contribution in [3.05, 3.63) is 28.8 Å². The minimum Gasteiger partial charge on any atom is -0.393 e. The summed E-state index contributed by atoms with van der Waals surface area (Å²) in [5.74, 6) is 0.0615. The molecule has 1 saturated heterocycles. The highest BCUT2D eigenvalue weighted by molar-refractivity contribution is 5.93. The lowest BCUT2D eigenvalue weighted by Crippen LogP contribution is -3.14. The van der Waals surface area contributed by atoms with E-state index in [0.29, 0.717) is 6.54 Å². The number of carbonyl (C=O) groups is 1.